The van der Waals surface area contributed by atoms with Crippen LogP contribution in [0.15, 0.2) is 188 Å². The molecule has 0 saturated heterocycles. The summed E-state index contributed by atoms with van der Waals surface area (Å²) in [6.07, 6.45) is 0. The van der Waals surface area contributed by atoms with Crippen LogP contribution in [0.2, 0.25) is 0 Å². The molecule has 1 aromatic heterocycles. The Balaban J connectivity index is 0.992. The van der Waals surface area contributed by atoms with Gasteiger partial charge in [-0.2, -0.15) is 0 Å². The second-order valence-electron chi connectivity index (χ2n) is 15.7. The number of anilines is 5. The average molecular weight is 767 g/mol. The molecule has 0 fully saturated rings. The van der Waals surface area contributed by atoms with Crippen molar-refractivity contribution < 1.29 is 4.74 Å². The van der Waals surface area contributed by atoms with Crippen molar-refractivity contribution in [3.05, 3.63) is 199 Å². The van der Waals surface area contributed by atoms with E-state index in [0.29, 0.717) is 19.3 Å². The predicted octanol–water partition coefficient (Wildman–Crippen LogP) is 14.7. The topological polar surface area (TPSA) is 32.7 Å². The summed E-state index contributed by atoms with van der Waals surface area (Å²) < 4.78 is 9.11. The number of aryl methyl sites for hydroxylation is 1. The van der Waals surface area contributed by atoms with Crippen molar-refractivity contribution in [2.24, 2.45) is 0 Å². The first-order chi connectivity index (χ1) is 29.0. The number of nitrogens with zero attached hydrogens (tertiary/aromatic N) is 3. The van der Waals surface area contributed by atoms with E-state index in [1.165, 1.54) is 61.0 Å². The SMILES string of the molecule is Cc1ccc(NCn2c3ccccc3c3ccc(Oc4cccc(N5CN(c6c(-c7ccccc7)cccc6-c6ccccc6)c6ccccc65)c4)cc32)c(C(C)C)c1. The second-order valence-corrected chi connectivity index (χ2v) is 15.7. The molecule has 8 aromatic carbocycles. The third-order valence-electron chi connectivity index (χ3n) is 11.6. The second kappa shape index (κ2) is 15.3. The van der Waals surface area contributed by atoms with Crippen LogP contribution in [0.3, 0.4) is 0 Å². The maximum atomic E-state index is 6.74. The number of hydrogen-bond acceptors (Lipinski definition) is 4. The number of ether oxygens (including phenoxy) is 1. The van der Waals surface area contributed by atoms with Gasteiger partial charge < -0.3 is 24.4 Å². The van der Waals surface area contributed by atoms with Gasteiger partial charge in [-0.25, -0.2) is 0 Å². The fraction of sp³-hybridized carbons (Fsp3) is 0.111. The Morgan fingerprint density at radius 3 is 1.90 bits per heavy atom. The molecule has 1 aliphatic rings. The van der Waals surface area contributed by atoms with Gasteiger partial charge in [0.05, 0.1) is 34.8 Å². The first-order valence-corrected chi connectivity index (χ1v) is 20.5. The third-order valence-corrected chi connectivity index (χ3v) is 11.6. The van der Waals surface area contributed by atoms with Crippen LogP contribution >= 0.6 is 0 Å². The lowest BCUT2D eigenvalue weighted by molar-refractivity contribution is 0.483. The van der Waals surface area contributed by atoms with Crippen LogP contribution in [0.5, 0.6) is 11.5 Å². The standard InChI is InChI=1S/C54H46N4O/c1-37(2)48-32-38(3)28-31-49(48)55-35-56-50-25-11-10-22-46(50)47-30-29-43(34-53(47)56)59-42-21-14-20-41(33-42)57-36-58(52-27-13-12-26-51(52)57)54-44(39-16-6-4-7-17-39)23-15-24-45(54)40-18-8-5-9-19-40/h4-34,37,55H,35-36H2,1-3H3. The molecular formula is C54H46N4O. The molecular weight excluding hydrogens is 721 g/mol. The number of aromatic nitrogens is 1. The first kappa shape index (κ1) is 36.1. The molecule has 0 spiro atoms. The van der Waals surface area contributed by atoms with Crippen LogP contribution in [-0.4, -0.2) is 11.2 Å². The Labute approximate surface area is 346 Å². The molecule has 9 aromatic rings. The number of fused-ring (bicyclic) bond motifs is 4. The van der Waals surface area contributed by atoms with Gasteiger partial charge in [0.15, 0.2) is 0 Å². The first-order valence-electron chi connectivity index (χ1n) is 20.5. The van der Waals surface area contributed by atoms with E-state index in [2.05, 4.69) is 222 Å². The Bertz CT molecular complexity index is 2890. The van der Waals surface area contributed by atoms with Gasteiger partial charge in [-0.15, -0.1) is 0 Å². The van der Waals surface area contributed by atoms with Crippen molar-refractivity contribution in [3.63, 3.8) is 0 Å². The van der Waals surface area contributed by atoms with Crippen molar-refractivity contribution in [1.82, 2.24) is 4.57 Å². The molecule has 5 heteroatoms. The number of benzene rings is 8. The van der Waals surface area contributed by atoms with Crippen molar-refractivity contribution in [2.75, 3.05) is 21.8 Å². The van der Waals surface area contributed by atoms with Crippen LogP contribution in [0.25, 0.3) is 44.1 Å². The van der Waals surface area contributed by atoms with E-state index in [4.69, 9.17) is 4.74 Å². The average Bonchev–Trinajstić information content (AvgIpc) is 3.82. The van der Waals surface area contributed by atoms with E-state index in [1.54, 1.807) is 0 Å². The number of nitrogens with one attached hydrogen (secondary N) is 1. The summed E-state index contributed by atoms with van der Waals surface area (Å²) >= 11 is 0. The van der Waals surface area contributed by atoms with E-state index in [0.717, 1.165) is 34.1 Å². The lowest BCUT2D eigenvalue weighted by Gasteiger charge is -2.27. The summed E-state index contributed by atoms with van der Waals surface area (Å²) in [5.74, 6) is 2.00. The van der Waals surface area contributed by atoms with Gasteiger partial charge in [0, 0.05) is 45.4 Å². The van der Waals surface area contributed by atoms with E-state index in [9.17, 15) is 0 Å². The minimum atomic E-state index is 0.417. The van der Waals surface area contributed by atoms with E-state index < -0.39 is 0 Å². The minimum absolute atomic E-state index is 0.417. The maximum Gasteiger partial charge on any atom is 0.129 e. The number of para-hydroxylation sites is 4. The molecule has 10 rings (SSSR count). The zero-order chi connectivity index (χ0) is 39.9. The maximum absolute atomic E-state index is 6.74. The molecule has 288 valence electrons. The molecule has 2 heterocycles. The monoisotopic (exact) mass is 766 g/mol. The highest BCUT2D eigenvalue weighted by atomic mass is 16.5. The van der Waals surface area contributed by atoms with E-state index in [-0.39, 0.29) is 0 Å². The number of hydrogen-bond donors (Lipinski definition) is 1. The van der Waals surface area contributed by atoms with Crippen LogP contribution in [-0.2, 0) is 6.67 Å². The molecule has 0 amide bonds. The summed E-state index contributed by atoms with van der Waals surface area (Å²) in [5.41, 5.74) is 15.4. The highest BCUT2D eigenvalue weighted by Gasteiger charge is 2.31. The normalized spacial score (nSPS) is 12.4. The molecule has 1 N–H and O–H groups in total. The molecule has 0 aliphatic carbocycles. The molecule has 1 aliphatic heterocycles. The van der Waals surface area contributed by atoms with Crippen LogP contribution < -0.4 is 19.9 Å². The summed E-state index contributed by atoms with van der Waals surface area (Å²) in [6, 6.07) is 67.1. The van der Waals surface area contributed by atoms with Crippen LogP contribution in [0.4, 0.5) is 28.4 Å². The van der Waals surface area contributed by atoms with Crippen molar-refractivity contribution >= 4 is 50.2 Å². The highest BCUT2D eigenvalue weighted by molar-refractivity contribution is 6.08. The Kier molecular flexibility index (Phi) is 9.34. The quantitative estimate of drug-likeness (QED) is 0.150. The Morgan fingerprint density at radius 2 is 1.17 bits per heavy atom. The smallest absolute Gasteiger partial charge is 0.129 e. The van der Waals surface area contributed by atoms with Gasteiger partial charge >= 0.3 is 0 Å². The zero-order valence-electron chi connectivity index (χ0n) is 33.6. The highest BCUT2D eigenvalue weighted by Crippen LogP contribution is 2.50. The molecule has 0 saturated carbocycles. The van der Waals surface area contributed by atoms with Gasteiger partial charge in [0.2, 0.25) is 0 Å². The van der Waals surface area contributed by atoms with Gasteiger partial charge in [0.1, 0.15) is 18.2 Å². The molecule has 59 heavy (non-hydrogen) atoms. The fourth-order valence-electron chi connectivity index (χ4n) is 8.76. The molecule has 0 atom stereocenters. The lowest BCUT2D eigenvalue weighted by atomic mass is 9.95. The van der Waals surface area contributed by atoms with E-state index in [1.807, 2.05) is 6.07 Å². The fourth-order valence-corrected chi connectivity index (χ4v) is 8.76. The van der Waals surface area contributed by atoms with E-state index >= 15 is 0 Å². The molecule has 0 unspecified atom stereocenters. The Hall–Kier alpha value is -7.24. The third kappa shape index (κ3) is 6.75. The van der Waals surface area contributed by atoms with Gasteiger partial charge in [-0.3, -0.25) is 0 Å². The molecule has 5 nitrogen and oxygen atoms in total. The summed E-state index contributed by atoms with van der Waals surface area (Å²) in [6.45, 7) is 7.95. The minimum Gasteiger partial charge on any atom is -0.457 e. The largest absolute Gasteiger partial charge is 0.457 e. The summed E-state index contributed by atoms with van der Waals surface area (Å²) in [5, 5.41) is 6.21. The van der Waals surface area contributed by atoms with Crippen molar-refractivity contribution in [3.8, 4) is 33.8 Å². The molecule has 0 radical (unpaired) electrons. The number of rotatable bonds is 10. The Morgan fingerprint density at radius 1 is 0.542 bits per heavy atom. The predicted molar refractivity (Wildman–Crippen MR) is 248 cm³/mol. The summed E-state index contributed by atoms with van der Waals surface area (Å²) in [7, 11) is 0. The van der Waals surface area contributed by atoms with Crippen molar-refractivity contribution in [2.45, 2.75) is 33.4 Å². The lowest BCUT2D eigenvalue weighted by Crippen LogP contribution is -2.24. The van der Waals surface area contributed by atoms with Gasteiger partial charge in [-0.1, -0.05) is 147 Å². The van der Waals surface area contributed by atoms with Crippen LogP contribution in [0, 0.1) is 6.92 Å². The van der Waals surface area contributed by atoms with Crippen molar-refractivity contribution in [1.29, 1.82) is 0 Å². The van der Waals surface area contributed by atoms with Gasteiger partial charge in [0.25, 0.3) is 0 Å². The molecule has 0 bridgehead atoms. The zero-order valence-corrected chi connectivity index (χ0v) is 33.6. The van der Waals surface area contributed by atoms with Gasteiger partial charge in [-0.05, 0) is 78.1 Å². The summed E-state index contributed by atoms with van der Waals surface area (Å²) in [4.78, 5) is 4.86. The van der Waals surface area contributed by atoms with Crippen LogP contribution in [0.1, 0.15) is 30.9 Å².